The van der Waals surface area contributed by atoms with E-state index in [1.54, 1.807) is 37.3 Å². The van der Waals surface area contributed by atoms with Crippen molar-refractivity contribution in [2.75, 3.05) is 24.0 Å². The van der Waals surface area contributed by atoms with Crippen molar-refractivity contribution in [3.8, 4) is 0 Å². The maximum absolute atomic E-state index is 13.0. The zero-order chi connectivity index (χ0) is 18.4. The fraction of sp³-hybridized carbons (Fsp3) is 0.235. The van der Waals surface area contributed by atoms with E-state index in [0.29, 0.717) is 5.69 Å². The number of rotatable bonds is 7. The molecule has 0 radical (unpaired) electrons. The van der Waals surface area contributed by atoms with Gasteiger partial charge in [-0.25, -0.2) is 8.42 Å². The molecule has 0 bridgehead atoms. The molecule has 2 N–H and O–H groups in total. The van der Waals surface area contributed by atoms with Gasteiger partial charge in [-0.15, -0.1) is 0 Å². The molecule has 134 valence electrons. The van der Waals surface area contributed by atoms with Crippen LogP contribution in [0.4, 0.5) is 5.69 Å². The van der Waals surface area contributed by atoms with Crippen molar-refractivity contribution in [1.82, 2.24) is 5.32 Å². The summed E-state index contributed by atoms with van der Waals surface area (Å²) < 4.78 is 27.2. The molecule has 0 aromatic heterocycles. The van der Waals surface area contributed by atoms with Crippen LogP contribution in [0.5, 0.6) is 0 Å². The minimum absolute atomic E-state index is 0.0308. The molecule has 2 rings (SSSR count). The number of hydrogen-bond acceptors (Lipinski definition) is 4. The number of amides is 1. The molecule has 0 saturated carbocycles. The van der Waals surface area contributed by atoms with Gasteiger partial charge in [-0.3, -0.25) is 9.10 Å². The molecule has 0 unspecified atom stereocenters. The van der Waals surface area contributed by atoms with E-state index in [-0.39, 0.29) is 35.2 Å². The molecule has 0 saturated heterocycles. The van der Waals surface area contributed by atoms with E-state index in [1.165, 1.54) is 22.5 Å². The van der Waals surface area contributed by atoms with Gasteiger partial charge in [0.1, 0.15) is 0 Å². The maximum Gasteiger partial charge on any atom is 0.264 e. The normalized spacial score (nSPS) is 11.2. The quantitative estimate of drug-likeness (QED) is 0.769. The van der Waals surface area contributed by atoms with Gasteiger partial charge in [-0.2, -0.15) is 0 Å². The van der Waals surface area contributed by atoms with Crippen LogP contribution in [0.3, 0.4) is 0 Å². The first-order chi connectivity index (χ1) is 11.9. The number of hydrogen-bond donors (Lipinski definition) is 2. The van der Waals surface area contributed by atoms with Gasteiger partial charge in [-0.1, -0.05) is 29.8 Å². The number of halogens is 1. The summed E-state index contributed by atoms with van der Waals surface area (Å²) in [7, 11) is -3.85. The first kappa shape index (κ1) is 19.2. The molecule has 25 heavy (non-hydrogen) atoms. The maximum atomic E-state index is 13.0. The van der Waals surface area contributed by atoms with Crippen molar-refractivity contribution < 1.29 is 18.3 Å². The van der Waals surface area contributed by atoms with E-state index in [4.69, 9.17) is 16.7 Å². The Kier molecular flexibility index (Phi) is 6.41. The molecule has 8 heteroatoms. The Hall–Kier alpha value is -2.09. The second-order valence-corrected chi connectivity index (χ2v) is 7.40. The number of para-hydroxylation sites is 1. The summed E-state index contributed by atoms with van der Waals surface area (Å²) in [6, 6.07) is 12.7. The Morgan fingerprint density at radius 1 is 1.20 bits per heavy atom. The van der Waals surface area contributed by atoms with Crippen LogP contribution in [0.15, 0.2) is 53.4 Å². The smallest absolute Gasteiger partial charge is 0.264 e. The van der Waals surface area contributed by atoms with Gasteiger partial charge >= 0.3 is 0 Å². The van der Waals surface area contributed by atoms with Crippen molar-refractivity contribution in [2.45, 2.75) is 11.8 Å². The van der Waals surface area contributed by atoms with Gasteiger partial charge in [0.25, 0.3) is 15.9 Å². The summed E-state index contributed by atoms with van der Waals surface area (Å²) in [5.74, 6) is -0.543. The number of benzene rings is 2. The standard InChI is InChI=1S/C17H19ClN2O4S/c1-2-20(13-6-4-3-5-7-13)25(23,24)14-8-9-16(18)15(12-14)17(22)19-10-11-21/h3-9,12,21H,2,10-11H2,1H3,(H,19,22). The number of carbonyl (C=O) groups is 1. The molecule has 0 fully saturated rings. The number of aliphatic hydroxyl groups is 1. The van der Waals surface area contributed by atoms with Crippen LogP contribution in [0.25, 0.3) is 0 Å². The SMILES string of the molecule is CCN(c1ccccc1)S(=O)(=O)c1ccc(Cl)c(C(=O)NCCO)c1. The minimum atomic E-state index is -3.85. The van der Waals surface area contributed by atoms with Crippen LogP contribution in [-0.2, 0) is 10.0 Å². The number of sulfonamides is 1. The predicted octanol–water partition coefficient (Wildman–Crippen LogP) is 2.28. The van der Waals surface area contributed by atoms with Gasteiger partial charge in [0, 0.05) is 13.1 Å². The van der Waals surface area contributed by atoms with Crippen LogP contribution in [-0.4, -0.2) is 39.1 Å². The minimum Gasteiger partial charge on any atom is -0.395 e. The Balaban J connectivity index is 2.44. The topological polar surface area (TPSA) is 86.7 Å². The van der Waals surface area contributed by atoms with E-state index in [1.807, 2.05) is 0 Å². The third-order valence-corrected chi connectivity index (χ3v) is 5.73. The summed E-state index contributed by atoms with van der Waals surface area (Å²) >= 11 is 6.02. The third-order valence-electron chi connectivity index (χ3n) is 3.50. The zero-order valence-corrected chi connectivity index (χ0v) is 15.2. The van der Waals surface area contributed by atoms with Crippen LogP contribution in [0.1, 0.15) is 17.3 Å². The number of aliphatic hydroxyl groups excluding tert-OH is 1. The van der Waals surface area contributed by atoms with Gasteiger partial charge in [0.05, 0.1) is 27.8 Å². The summed E-state index contributed by atoms with van der Waals surface area (Å²) in [6.07, 6.45) is 0. The summed E-state index contributed by atoms with van der Waals surface area (Å²) in [4.78, 5) is 12.1. The molecule has 0 heterocycles. The number of nitrogens with one attached hydrogen (secondary N) is 1. The highest BCUT2D eigenvalue weighted by molar-refractivity contribution is 7.92. The van der Waals surface area contributed by atoms with Gasteiger partial charge in [0.2, 0.25) is 0 Å². The van der Waals surface area contributed by atoms with Crippen LogP contribution in [0, 0.1) is 0 Å². The van der Waals surface area contributed by atoms with Gasteiger partial charge < -0.3 is 10.4 Å². The van der Waals surface area contributed by atoms with E-state index in [2.05, 4.69) is 5.32 Å². The average molecular weight is 383 g/mol. The number of carbonyl (C=O) groups excluding carboxylic acids is 1. The van der Waals surface area contributed by atoms with E-state index in [0.717, 1.165) is 0 Å². The third kappa shape index (κ3) is 4.31. The lowest BCUT2D eigenvalue weighted by atomic mass is 10.2. The molecular formula is C17H19ClN2O4S. The van der Waals surface area contributed by atoms with E-state index >= 15 is 0 Å². The lowest BCUT2D eigenvalue weighted by Crippen LogP contribution is -2.31. The highest BCUT2D eigenvalue weighted by Gasteiger charge is 2.25. The largest absolute Gasteiger partial charge is 0.395 e. The molecule has 0 atom stereocenters. The second-order valence-electron chi connectivity index (χ2n) is 5.13. The Morgan fingerprint density at radius 3 is 2.48 bits per heavy atom. The summed E-state index contributed by atoms with van der Waals surface area (Å²) in [5.41, 5.74) is 0.575. The first-order valence-corrected chi connectivity index (χ1v) is 9.50. The average Bonchev–Trinajstić information content (AvgIpc) is 2.61. The van der Waals surface area contributed by atoms with Crippen molar-refractivity contribution >= 4 is 33.2 Å². The predicted molar refractivity (Wildman–Crippen MR) is 97.5 cm³/mol. The fourth-order valence-electron chi connectivity index (χ4n) is 2.32. The molecule has 0 aliphatic heterocycles. The van der Waals surface area contributed by atoms with Gasteiger partial charge in [0.15, 0.2) is 0 Å². The highest BCUT2D eigenvalue weighted by Crippen LogP contribution is 2.26. The fourth-order valence-corrected chi connectivity index (χ4v) is 4.02. The molecule has 6 nitrogen and oxygen atoms in total. The first-order valence-electron chi connectivity index (χ1n) is 7.68. The molecule has 0 spiro atoms. The van der Waals surface area contributed by atoms with Gasteiger partial charge in [-0.05, 0) is 37.3 Å². The Bertz CT molecular complexity index is 841. The lowest BCUT2D eigenvalue weighted by molar-refractivity contribution is 0.0944. The lowest BCUT2D eigenvalue weighted by Gasteiger charge is -2.23. The number of nitrogens with zero attached hydrogens (tertiary/aromatic N) is 1. The summed E-state index contributed by atoms with van der Waals surface area (Å²) in [5, 5.41) is 11.4. The van der Waals surface area contributed by atoms with Crippen molar-refractivity contribution in [2.24, 2.45) is 0 Å². The van der Waals surface area contributed by atoms with Crippen LogP contribution in [0.2, 0.25) is 5.02 Å². The van der Waals surface area contributed by atoms with Crippen molar-refractivity contribution in [3.63, 3.8) is 0 Å². The molecular weight excluding hydrogens is 364 g/mol. The highest BCUT2D eigenvalue weighted by atomic mass is 35.5. The van der Waals surface area contributed by atoms with Crippen LogP contribution < -0.4 is 9.62 Å². The van der Waals surface area contributed by atoms with Crippen LogP contribution >= 0.6 is 11.6 Å². The van der Waals surface area contributed by atoms with Crippen molar-refractivity contribution in [1.29, 1.82) is 0 Å². The summed E-state index contributed by atoms with van der Waals surface area (Å²) in [6.45, 7) is 1.80. The zero-order valence-electron chi connectivity index (χ0n) is 13.6. The number of anilines is 1. The molecule has 0 aliphatic rings. The Labute approximate surface area is 152 Å². The Morgan fingerprint density at radius 2 is 1.88 bits per heavy atom. The monoisotopic (exact) mass is 382 g/mol. The van der Waals surface area contributed by atoms with Crippen molar-refractivity contribution in [3.05, 3.63) is 59.1 Å². The molecule has 0 aliphatic carbocycles. The molecule has 2 aromatic rings. The molecule has 2 aromatic carbocycles. The molecule has 1 amide bonds. The van der Waals surface area contributed by atoms with E-state index < -0.39 is 15.9 Å². The second kappa shape index (κ2) is 8.33. The van der Waals surface area contributed by atoms with E-state index in [9.17, 15) is 13.2 Å².